The lowest BCUT2D eigenvalue weighted by Gasteiger charge is -2.28. The van der Waals surface area contributed by atoms with Crippen molar-refractivity contribution >= 4 is 5.91 Å². The highest BCUT2D eigenvalue weighted by molar-refractivity contribution is 5.76. The molecule has 0 radical (unpaired) electrons. The van der Waals surface area contributed by atoms with Gasteiger partial charge in [-0.3, -0.25) is 4.79 Å². The van der Waals surface area contributed by atoms with Gasteiger partial charge in [0.25, 0.3) is 0 Å². The van der Waals surface area contributed by atoms with Crippen LogP contribution in [0.3, 0.4) is 0 Å². The van der Waals surface area contributed by atoms with Gasteiger partial charge >= 0.3 is 0 Å². The van der Waals surface area contributed by atoms with Crippen molar-refractivity contribution in [2.75, 3.05) is 6.54 Å². The van der Waals surface area contributed by atoms with Gasteiger partial charge in [-0.25, -0.2) is 0 Å². The van der Waals surface area contributed by atoms with Crippen molar-refractivity contribution in [1.82, 2.24) is 15.0 Å². The monoisotopic (exact) mass is 343 g/mol. The number of likely N-dealkylation sites (tertiary alicyclic amines) is 1. The minimum absolute atomic E-state index is 0.0786. The third-order valence-corrected chi connectivity index (χ3v) is 5.15. The first kappa shape index (κ1) is 16.4. The van der Waals surface area contributed by atoms with Crippen molar-refractivity contribution < 1.29 is 13.7 Å². The molecule has 3 heterocycles. The van der Waals surface area contributed by atoms with E-state index in [2.05, 4.69) is 10.1 Å². The van der Waals surface area contributed by atoms with Gasteiger partial charge in [-0.2, -0.15) is 4.98 Å². The SMILES string of the molecule is O=C(CCCc1nc(C2CC2)no1)N1CCCCC[C@@H]1c1ccco1. The number of amides is 1. The fourth-order valence-electron chi connectivity index (χ4n) is 3.59. The van der Waals surface area contributed by atoms with Crippen LogP contribution in [-0.4, -0.2) is 27.5 Å². The molecule has 1 aliphatic carbocycles. The van der Waals surface area contributed by atoms with Gasteiger partial charge in [-0.1, -0.05) is 18.0 Å². The Kier molecular flexibility index (Phi) is 4.85. The summed E-state index contributed by atoms with van der Waals surface area (Å²) in [5.41, 5.74) is 0. The minimum Gasteiger partial charge on any atom is -0.467 e. The van der Waals surface area contributed by atoms with E-state index in [1.165, 1.54) is 19.3 Å². The number of carbonyl (C=O) groups is 1. The smallest absolute Gasteiger partial charge is 0.226 e. The van der Waals surface area contributed by atoms with Crippen LogP contribution < -0.4 is 0 Å². The van der Waals surface area contributed by atoms with Crippen molar-refractivity contribution in [3.8, 4) is 0 Å². The van der Waals surface area contributed by atoms with Gasteiger partial charge in [0.2, 0.25) is 11.8 Å². The van der Waals surface area contributed by atoms with Gasteiger partial charge < -0.3 is 13.8 Å². The van der Waals surface area contributed by atoms with Gasteiger partial charge in [0, 0.05) is 25.3 Å². The lowest BCUT2D eigenvalue weighted by molar-refractivity contribution is -0.134. The van der Waals surface area contributed by atoms with Crippen LogP contribution in [0.5, 0.6) is 0 Å². The van der Waals surface area contributed by atoms with Crippen LogP contribution in [0, 0.1) is 0 Å². The van der Waals surface area contributed by atoms with Crippen LogP contribution in [0.2, 0.25) is 0 Å². The van der Waals surface area contributed by atoms with Crippen LogP contribution in [0.4, 0.5) is 0 Å². The molecule has 1 aliphatic heterocycles. The highest BCUT2D eigenvalue weighted by Gasteiger charge is 2.29. The third kappa shape index (κ3) is 3.94. The van der Waals surface area contributed by atoms with Gasteiger partial charge in [0.05, 0.1) is 12.3 Å². The summed E-state index contributed by atoms with van der Waals surface area (Å²) in [5, 5.41) is 4.03. The van der Waals surface area contributed by atoms with Gasteiger partial charge in [0.15, 0.2) is 5.82 Å². The van der Waals surface area contributed by atoms with E-state index in [1.54, 1.807) is 6.26 Å². The standard InChI is InChI=1S/C19H25N3O3/c23-18(9-4-8-17-20-19(21-25-17)14-10-11-14)22-12-3-1-2-6-15(22)16-7-5-13-24-16/h5,7,13-15H,1-4,6,8-12H2/t15-/m1/s1. The quantitative estimate of drug-likeness (QED) is 0.792. The summed E-state index contributed by atoms with van der Waals surface area (Å²) in [4.78, 5) is 19.2. The summed E-state index contributed by atoms with van der Waals surface area (Å²) < 4.78 is 10.9. The Hall–Kier alpha value is -2.11. The number of nitrogens with zero attached hydrogens (tertiary/aromatic N) is 3. The minimum atomic E-state index is 0.0786. The summed E-state index contributed by atoms with van der Waals surface area (Å²) in [6.45, 7) is 0.816. The fourth-order valence-corrected chi connectivity index (χ4v) is 3.59. The lowest BCUT2D eigenvalue weighted by atomic mass is 10.1. The molecular weight excluding hydrogens is 318 g/mol. The maximum absolute atomic E-state index is 12.8. The van der Waals surface area contributed by atoms with E-state index in [4.69, 9.17) is 8.94 Å². The van der Waals surface area contributed by atoms with Crippen molar-refractivity contribution in [3.63, 3.8) is 0 Å². The summed E-state index contributed by atoms with van der Waals surface area (Å²) in [7, 11) is 0. The molecule has 1 atom stereocenters. The van der Waals surface area contributed by atoms with Crippen molar-refractivity contribution in [2.24, 2.45) is 0 Å². The van der Waals surface area contributed by atoms with Crippen LogP contribution in [-0.2, 0) is 11.2 Å². The van der Waals surface area contributed by atoms with E-state index >= 15 is 0 Å². The van der Waals surface area contributed by atoms with Crippen LogP contribution in [0.1, 0.15) is 80.8 Å². The van der Waals surface area contributed by atoms with Crippen molar-refractivity contribution in [2.45, 2.75) is 69.7 Å². The molecule has 2 fully saturated rings. The maximum Gasteiger partial charge on any atom is 0.226 e. The number of hydrogen-bond donors (Lipinski definition) is 0. The fraction of sp³-hybridized carbons (Fsp3) is 0.632. The molecule has 0 N–H and O–H groups in total. The molecule has 2 aromatic rings. The van der Waals surface area contributed by atoms with Gasteiger partial charge in [-0.15, -0.1) is 0 Å². The van der Waals surface area contributed by atoms with Crippen molar-refractivity contribution in [1.29, 1.82) is 0 Å². The van der Waals surface area contributed by atoms with E-state index in [0.29, 0.717) is 24.7 Å². The first-order valence-electron chi connectivity index (χ1n) is 9.46. The summed E-state index contributed by atoms with van der Waals surface area (Å²) in [5.74, 6) is 3.11. The Bertz CT molecular complexity index is 691. The van der Waals surface area contributed by atoms with Gasteiger partial charge in [0.1, 0.15) is 5.76 Å². The third-order valence-electron chi connectivity index (χ3n) is 5.15. The molecule has 0 spiro atoms. The number of hydrogen-bond acceptors (Lipinski definition) is 5. The summed E-state index contributed by atoms with van der Waals surface area (Å²) >= 11 is 0. The zero-order valence-electron chi connectivity index (χ0n) is 14.5. The number of furan rings is 1. The molecule has 1 saturated heterocycles. The molecule has 1 amide bonds. The predicted molar refractivity (Wildman–Crippen MR) is 90.8 cm³/mol. The second kappa shape index (κ2) is 7.42. The predicted octanol–water partition coefficient (Wildman–Crippen LogP) is 4.01. The molecule has 2 aliphatic rings. The number of aromatic nitrogens is 2. The Labute approximate surface area is 147 Å². The summed E-state index contributed by atoms with van der Waals surface area (Å²) in [6.07, 6.45) is 10.3. The molecule has 6 heteroatoms. The molecule has 0 bridgehead atoms. The number of aryl methyl sites for hydroxylation is 1. The molecule has 4 rings (SSSR count). The second-order valence-corrected chi connectivity index (χ2v) is 7.14. The molecule has 25 heavy (non-hydrogen) atoms. The Morgan fingerprint density at radius 2 is 2.16 bits per heavy atom. The molecule has 2 aromatic heterocycles. The molecule has 0 unspecified atom stereocenters. The maximum atomic E-state index is 12.8. The van der Waals surface area contributed by atoms with Crippen LogP contribution in [0.25, 0.3) is 0 Å². The zero-order valence-corrected chi connectivity index (χ0v) is 14.5. The largest absolute Gasteiger partial charge is 0.467 e. The Morgan fingerprint density at radius 3 is 2.96 bits per heavy atom. The first-order valence-corrected chi connectivity index (χ1v) is 9.46. The summed E-state index contributed by atoms with van der Waals surface area (Å²) in [6, 6.07) is 3.96. The normalized spacial score (nSPS) is 21.3. The van der Waals surface area contributed by atoms with E-state index in [0.717, 1.165) is 43.8 Å². The average Bonchev–Trinajstić information content (AvgIpc) is 3.22. The van der Waals surface area contributed by atoms with Crippen LogP contribution in [0.15, 0.2) is 27.3 Å². The van der Waals surface area contributed by atoms with E-state index in [1.807, 2.05) is 17.0 Å². The van der Waals surface area contributed by atoms with Crippen LogP contribution >= 0.6 is 0 Å². The topological polar surface area (TPSA) is 72.4 Å². The zero-order chi connectivity index (χ0) is 17.1. The first-order chi connectivity index (χ1) is 12.3. The highest BCUT2D eigenvalue weighted by Crippen LogP contribution is 2.38. The highest BCUT2D eigenvalue weighted by atomic mass is 16.5. The molecule has 134 valence electrons. The second-order valence-electron chi connectivity index (χ2n) is 7.14. The van der Waals surface area contributed by atoms with E-state index < -0.39 is 0 Å². The lowest BCUT2D eigenvalue weighted by Crippen LogP contribution is -2.34. The molecule has 1 saturated carbocycles. The molecule has 6 nitrogen and oxygen atoms in total. The molecular formula is C19H25N3O3. The van der Waals surface area contributed by atoms with E-state index in [9.17, 15) is 4.79 Å². The number of rotatable bonds is 6. The van der Waals surface area contributed by atoms with Gasteiger partial charge in [-0.05, 0) is 44.2 Å². The Morgan fingerprint density at radius 1 is 1.24 bits per heavy atom. The number of carbonyl (C=O) groups excluding carboxylic acids is 1. The van der Waals surface area contributed by atoms with E-state index in [-0.39, 0.29) is 11.9 Å². The molecule has 0 aromatic carbocycles. The van der Waals surface area contributed by atoms with Crippen molar-refractivity contribution in [3.05, 3.63) is 35.9 Å². The average molecular weight is 343 g/mol. The Balaban J connectivity index is 1.33.